The Morgan fingerprint density at radius 1 is 1.23 bits per heavy atom. The van der Waals surface area contributed by atoms with Crippen molar-refractivity contribution in [1.29, 1.82) is 0 Å². The number of nitrogens with zero attached hydrogens (tertiary/aromatic N) is 2. The molecule has 0 aliphatic carbocycles. The molecule has 0 N–H and O–H groups in total. The van der Waals surface area contributed by atoms with E-state index in [0.717, 1.165) is 12.1 Å². The van der Waals surface area contributed by atoms with Gasteiger partial charge in [0.2, 0.25) is 0 Å². The Morgan fingerprint density at radius 2 is 2.04 bits per heavy atom. The van der Waals surface area contributed by atoms with Crippen molar-refractivity contribution in [2.24, 2.45) is 5.16 Å². The summed E-state index contributed by atoms with van der Waals surface area (Å²) in [6, 6.07) is 13.4. The lowest BCUT2D eigenvalue weighted by Crippen LogP contribution is -2.37. The fourth-order valence-corrected chi connectivity index (χ4v) is 3.14. The maximum absolute atomic E-state index is 12.5. The van der Waals surface area contributed by atoms with E-state index in [4.69, 9.17) is 14.3 Å². The van der Waals surface area contributed by atoms with Crippen molar-refractivity contribution >= 4 is 17.8 Å². The molecule has 0 unspecified atom stereocenters. The summed E-state index contributed by atoms with van der Waals surface area (Å²) in [7, 11) is 3.17. The Hall–Kier alpha value is -3.02. The highest BCUT2D eigenvalue weighted by Gasteiger charge is 2.30. The molecule has 1 amide bonds. The van der Waals surface area contributed by atoms with E-state index in [9.17, 15) is 4.79 Å². The van der Waals surface area contributed by atoms with E-state index in [1.165, 1.54) is 11.8 Å². The van der Waals surface area contributed by atoms with Crippen molar-refractivity contribution in [2.45, 2.75) is 19.4 Å². The van der Waals surface area contributed by atoms with Crippen molar-refractivity contribution in [2.75, 3.05) is 25.7 Å². The number of carbonyl (C=O) groups excluding carboxylic acids is 1. The van der Waals surface area contributed by atoms with Gasteiger partial charge in [-0.1, -0.05) is 23.4 Å². The smallest absolute Gasteiger partial charge is 0.268 e. The summed E-state index contributed by atoms with van der Waals surface area (Å²) in [5.74, 6) is 1.22. The summed E-state index contributed by atoms with van der Waals surface area (Å²) in [5, 5.41) is 3.91. The van der Waals surface area contributed by atoms with Crippen LogP contribution in [0.2, 0.25) is 0 Å². The SMILES string of the molecule is COc1ccc(OC)c(/C=N\OCC(=O)N2c3ccccc3C[C@H]2C)c1. The number of fused-ring (bicyclic) bond motifs is 1. The maximum atomic E-state index is 12.5. The second kappa shape index (κ2) is 7.91. The fourth-order valence-electron chi connectivity index (χ4n) is 3.14. The molecule has 3 rings (SSSR count). The van der Waals surface area contributed by atoms with E-state index < -0.39 is 0 Å². The molecule has 1 aliphatic rings. The largest absolute Gasteiger partial charge is 0.497 e. The van der Waals surface area contributed by atoms with Crippen LogP contribution in [-0.2, 0) is 16.1 Å². The molecule has 1 aliphatic heterocycles. The van der Waals surface area contributed by atoms with Gasteiger partial charge >= 0.3 is 0 Å². The number of ether oxygens (including phenoxy) is 2. The van der Waals surface area contributed by atoms with Gasteiger partial charge in [-0.3, -0.25) is 4.79 Å². The van der Waals surface area contributed by atoms with Crippen LogP contribution in [0.25, 0.3) is 0 Å². The molecule has 1 atom stereocenters. The number of hydrogen-bond acceptors (Lipinski definition) is 5. The third-order valence-electron chi connectivity index (χ3n) is 4.37. The third kappa shape index (κ3) is 3.64. The zero-order valence-corrected chi connectivity index (χ0v) is 15.1. The Balaban J connectivity index is 1.63. The minimum Gasteiger partial charge on any atom is -0.497 e. The first kappa shape index (κ1) is 17.8. The fraction of sp³-hybridized carbons (Fsp3) is 0.300. The van der Waals surface area contributed by atoms with Gasteiger partial charge in [-0.25, -0.2) is 0 Å². The molecule has 0 fully saturated rings. The first-order valence-corrected chi connectivity index (χ1v) is 8.41. The molecule has 26 heavy (non-hydrogen) atoms. The predicted octanol–water partition coefficient (Wildman–Crippen LogP) is 3.03. The van der Waals surface area contributed by atoms with Crippen molar-refractivity contribution in [3.05, 3.63) is 53.6 Å². The average molecular weight is 354 g/mol. The van der Waals surface area contributed by atoms with Gasteiger partial charge in [0.05, 0.1) is 20.4 Å². The van der Waals surface area contributed by atoms with Crippen LogP contribution >= 0.6 is 0 Å². The van der Waals surface area contributed by atoms with Crippen molar-refractivity contribution < 1.29 is 19.1 Å². The number of carbonyl (C=O) groups is 1. The van der Waals surface area contributed by atoms with Crippen LogP contribution in [0.4, 0.5) is 5.69 Å². The van der Waals surface area contributed by atoms with Gasteiger partial charge in [0, 0.05) is 17.3 Å². The Kier molecular flexibility index (Phi) is 5.41. The molecule has 1 heterocycles. The number of methoxy groups -OCH3 is 2. The highest BCUT2D eigenvalue weighted by molar-refractivity contribution is 5.97. The number of oxime groups is 1. The average Bonchev–Trinajstić information content (AvgIpc) is 3.00. The van der Waals surface area contributed by atoms with E-state index in [1.807, 2.05) is 31.2 Å². The Bertz CT molecular complexity index is 819. The molecule has 6 nitrogen and oxygen atoms in total. The number of para-hydroxylation sites is 1. The Labute approximate surface area is 153 Å². The molecular formula is C20H22N2O4. The minimum absolute atomic E-state index is 0.114. The quantitative estimate of drug-likeness (QED) is 0.591. The number of hydrogen-bond donors (Lipinski definition) is 0. The van der Waals surface area contributed by atoms with E-state index in [1.54, 1.807) is 37.3 Å². The molecule has 0 radical (unpaired) electrons. The first-order valence-electron chi connectivity index (χ1n) is 8.41. The third-order valence-corrected chi connectivity index (χ3v) is 4.37. The number of benzene rings is 2. The molecule has 0 bridgehead atoms. The lowest BCUT2D eigenvalue weighted by atomic mass is 10.1. The molecule has 136 valence electrons. The second-order valence-corrected chi connectivity index (χ2v) is 6.06. The van der Waals surface area contributed by atoms with Gasteiger partial charge < -0.3 is 19.2 Å². The van der Waals surface area contributed by atoms with Crippen LogP contribution in [0.5, 0.6) is 11.5 Å². The standard InChI is InChI=1S/C20H22N2O4/c1-14-10-15-6-4-5-7-18(15)22(14)20(23)13-26-21-12-16-11-17(24-2)8-9-19(16)25-3/h4-9,11-12,14H,10,13H2,1-3H3/b21-12-/t14-/m1/s1. The van der Waals surface area contributed by atoms with E-state index >= 15 is 0 Å². The summed E-state index contributed by atoms with van der Waals surface area (Å²) in [6.45, 7) is 1.91. The summed E-state index contributed by atoms with van der Waals surface area (Å²) < 4.78 is 10.5. The minimum atomic E-state index is -0.124. The van der Waals surface area contributed by atoms with Gasteiger partial charge in [0.25, 0.3) is 5.91 Å². The maximum Gasteiger partial charge on any atom is 0.268 e. The van der Waals surface area contributed by atoms with Crippen molar-refractivity contribution in [3.63, 3.8) is 0 Å². The zero-order chi connectivity index (χ0) is 18.5. The molecule has 0 saturated carbocycles. The van der Waals surface area contributed by atoms with Gasteiger partial charge in [0.1, 0.15) is 11.5 Å². The van der Waals surface area contributed by atoms with Crippen LogP contribution in [-0.4, -0.2) is 39.0 Å². The summed E-state index contributed by atoms with van der Waals surface area (Å²) in [4.78, 5) is 19.5. The van der Waals surface area contributed by atoms with E-state index in [-0.39, 0.29) is 18.6 Å². The van der Waals surface area contributed by atoms with Crippen molar-refractivity contribution in [3.8, 4) is 11.5 Å². The van der Waals surface area contributed by atoms with E-state index in [2.05, 4.69) is 5.16 Å². The monoisotopic (exact) mass is 354 g/mol. The summed E-state index contributed by atoms with van der Waals surface area (Å²) in [6.07, 6.45) is 2.36. The predicted molar refractivity (Wildman–Crippen MR) is 100 cm³/mol. The molecule has 2 aromatic carbocycles. The lowest BCUT2D eigenvalue weighted by Gasteiger charge is -2.21. The van der Waals surface area contributed by atoms with Gasteiger partial charge in [0.15, 0.2) is 6.61 Å². The number of amides is 1. The second-order valence-electron chi connectivity index (χ2n) is 6.06. The van der Waals surface area contributed by atoms with Crippen molar-refractivity contribution in [1.82, 2.24) is 0 Å². The molecule has 6 heteroatoms. The Morgan fingerprint density at radius 3 is 2.81 bits per heavy atom. The van der Waals surface area contributed by atoms with Gasteiger partial charge in [-0.2, -0.15) is 0 Å². The van der Waals surface area contributed by atoms with Crippen LogP contribution < -0.4 is 14.4 Å². The summed E-state index contributed by atoms with van der Waals surface area (Å²) >= 11 is 0. The number of rotatable bonds is 6. The lowest BCUT2D eigenvalue weighted by molar-refractivity contribution is -0.123. The normalized spacial score (nSPS) is 15.8. The van der Waals surface area contributed by atoms with E-state index in [0.29, 0.717) is 17.1 Å². The van der Waals surface area contributed by atoms with Crippen LogP contribution in [0.1, 0.15) is 18.1 Å². The van der Waals surface area contributed by atoms with Crippen LogP contribution in [0.3, 0.4) is 0 Å². The molecule has 0 saturated heterocycles. The molecular weight excluding hydrogens is 332 g/mol. The van der Waals surface area contributed by atoms with Crippen LogP contribution in [0.15, 0.2) is 47.6 Å². The zero-order valence-electron chi connectivity index (χ0n) is 15.1. The first-order chi connectivity index (χ1) is 12.6. The van der Waals surface area contributed by atoms with Crippen LogP contribution in [0, 0.1) is 0 Å². The highest BCUT2D eigenvalue weighted by Crippen LogP contribution is 2.31. The van der Waals surface area contributed by atoms with Gasteiger partial charge in [-0.05, 0) is 43.2 Å². The van der Waals surface area contributed by atoms with Gasteiger partial charge in [-0.15, -0.1) is 0 Å². The molecule has 0 aromatic heterocycles. The molecule has 2 aromatic rings. The highest BCUT2D eigenvalue weighted by atomic mass is 16.6. The summed E-state index contributed by atoms with van der Waals surface area (Å²) in [5.41, 5.74) is 2.84. The number of anilines is 1. The topological polar surface area (TPSA) is 60.4 Å². The molecule has 0 spiro atoms.